The lowest BCUT2D eigenvalue weighted by molar-refractivity contribution is -0.153. The molecule has 0 unspecified atom stereocenters. The molecule has 7 nitrogen and oxygen atoms in total. The molecular weight excluding hydrogens is 420 g/mol. The summed E-state index contributed by atoms with van der Waals surface area (Å²) in [6, 6.07) is 8.44. The quantitative estimate of drug-likeness (QED) is 0.574. The number of carbonyl (C=O) groups excluding carboxylic acids is 1. The Hall–Kier alpha value is -3.47. The van der Waals surface area contributed by atoms with Gasteiger partial charge in [-0.15, -0.1) is 0 Å². The largest absolute Gasteiger partial charge is 0.483 e. The number of benzene rings is 2. The van der Waals surface area contributed by atoms with Gasteiger partial charge in [0.25, 0.3) is 5.91 Å². The van der Waals surface area contributed by atoms with Gasteiger partial charge in [0.2, 0.25) is 0 Å². The molecule has 1 aromatic heterocycles. The van der Waals surface area contributed by atoms with E-state index in [2.05, 4.69) is 15.4 Å². The molecule has 0 radical (unpaired) electrons. The molecule has 1 heterocycles. The molecule has 11 heteroatoms. The van der Waals surface area contributed by atoms with Crippen LogP contribution < -0.4 is 10.1 Å². The molecule has 0 saturated carbocycles. The Balaban J connectivity index is 2.03. The monoisotopic (exact) mass is 438 g/mol. The highest BCUT2D eigenvalue weighted by molar-refractivity contribution is 6.06. The van der Waals surface area contributed by atoms with Gasteiger partial charge < -0.3 is 15.2 Å². The summed E-state index contributed by atoms with van der Waals surface area (Å²) in [5.41, 5.74) is 0.421. The maximum atomic E-state index is 14.8. The van der Waals surface area contributed by atoms with Gasteiger partial charge in [0.1, 0.15) is 18.2 Å². The van der Waals surface area contributed by atoms with Crippen LogP contribution in [0.5, 0.6) is 5.75 Å². The molecular formula is C20H18F4N4O3. The lowest BCUT2D eigenvalue weighted by Gasteiger charge is -2.15. The average molecular weight is 438 g/mol. The SMILES string of the molecule is Cc1ccccc1NC(=O)c1cc(F)c(-c2nc(CO)n(C)n2)cc1OCC(F)(F)F. The van der Waals surface area contributed by atoms with Crippen molar-refractivity contribution >= 4 is 11.6 Å². The number of aryl methyl sites for hydroxylation is 2. The summed E-state index contributed by atoms with van der Waals surface area (Å²) < 4.78 is 59.0. The maximum Gasteiger partial charge on any atom is 0.422 e. The van der Waals surface area contributed by atoms with Crippen molar-refractivity contribution in [2.24, 2.45) is 7.05 Å². The second-order valence-electron chi connectivity index (χ2n) is 6.63. The first-order valence-corrected chi connectivity index (χ1v) is 9.00. The molecule has 31 heavy (non-hydrogen) atoms. The highest BCUT2D eigenvalue weighted by Crippen LogP contribution is 2.31. The number of nitrogens with one attached hydrogen (secondary N) is 1. The van der Waals surface area contributed by atoms with Gasteiger partial charge in [-0.3, -0.25) is 9.48 Å². The van der Waals surface area contributed by atoms with Crippen molar-refractivity contribution in [3.05, 3.63) is 59.2 Å². The molecule has 0 aliphatic heterocycles. The number of amides is 1. The van der Waals surface area contributed by atoms with E-state index in [-0.39, 0.29) is 17.2 Å². The van der Waals surface area contributed by atoms with E-state index in [4.69, 9.17) is 4.74 Å². The summed E-state index contributed by atoms with van der Waals surface area (Å²) >= 11 is 0. The molecule has 3 aromatic rings. The molecule has 0 atom stereocenters. The molecule has 0 fully saturated rings. The summed E-state index contributed by atoms with van der Waals surface area (Å²) in [5.74, 6) is -2.33. The Bertz CT molecular complexity index is 1110. The number of hydrogen-bond acceptors (Lipinski definition) is 5. The van der Waals surface area contributed by atoms with Crippen LogP contribution >= 0.6 is 0 Å². The van der Waals surface area contributed by atoms with Gasteiger partial charge in [-0.1, -0.05) is 18.2 Å². The van der Waals surface area contributed by atoms with Crippen molar-refractivity contribution in [2.45, 2.75) is 19.7 Å². The average Bonchev–Trinajstić information content (AvgIpc) is 3.08. The molecule has 3 rings (SSSR count). The Morgan fingerprint density at radius 2 is 1.97 bits per heavy atom. The number of anilines is 1. The second-order valence-corrected chi connectivity index (χ2v) is 6.63. The van der Waals surface area contributed by atoms with Crippen LogP contribution in [-0.2, 0) is 13.7 Å². The van der Waals surface area contributed by atoms with Gasteiger partial charge >= 0.3 is 6.18 Å². The van der Waals surface area contributed by atoms with Gasteiger partial charge in [-0.2, -0.15) is 18.3 Å². The summed E-state index contributed by atoms with van der Waals surface area (Å²) in [7, 11) is 1.46. The lowest BCUT2D eigenvalue weighted by Crippen LogP contribution is -2.21. The zero-order chi connectivity index (χ0) is 22.8. The first-order chi connectivity index (χ1) is 14.6. The number of carbonyl (C=O) groups is 1. The smallest absolute Gasteiger partial charge is 0.422 e. The summed E-state index contributed by atoms with van der Waals surface area (Å²) in [4.78, 5) is 16.7. The van der Waals surface area contributed by atoms with Crippen molar-refractivity contribution in [3.8, 4) is 17.1 Å². The number of ether oxygens (including phenoxy) is 1. The lowest BCUT2D eigenvalue weighted by atomic mass is 10.1. The molecule has 0 spiro atoms. The fourth-order valence-corrected chi connectivity index (χ4v) is 2.75. The van der Waals surface area contributed by atoms with Crippen LogP contribution in [0.25, 0.3) is 11.4 Å². The Kier molecular flexibility index (Phi) is 6.25. The highest BCUT2D eigenvalue weighted by Gasteiger charge is 2.30. The third-order valence-corrected chi connectivity index (χ3v) is 4.33. The number of nitrogens with zero attached hydrogens (tertiary/aromatic N) is 3. The minimum atomic E-state index is -4.67. The molecule has 0 bridgehead atoms. The third-order valence-electron chi connectivity index (χ3n) is 4.33. The minimum absolute atomic E-state index is 0.119. The van der Waals surface area contributed by atoms with E-state index >= 15 is 0 Å². The van der Waals surface area contributed by atoms with Gasteiger partial charge in [-0.25, -0.2) is 9.37 Å². The van der Waals surface area contributed by atoms with E-state index in [1.807, 2.05) is 0 Å². The van der Waals surface area contributed by atoms with Crippen molar-refractivity contribution in [1.29, 1.82) is 0 Å². The van der Waals surface area contributed by atoms with E-state index in [1.165, 1.54) is 11.7 Å². The number of aliphatic hydroxyl groups is 1. The van der Waals surface area contributed by atoms with E-state index in [0.717, 1.165) is 12.1 Å². The van der Waals surface area contributed by atoms with E-state index in [9.17, 15) is 27.5 Å². The fraction of sp³-hybridized carbons (Fsp3) is 0.250. The van der Waals surface area contributed by atoms with Crippen molar-refractivity contribution < 1.29 is 32.2 Å². The number of halogens is 4. The van der Waals surface area contributed by atoms with Crippen LogP contribution in [0.4, 0.5) is 23.2 Å². The second kappa shape index (κ2) is 8.72. The molecule has 2 N–H and O–H groups in total. The van der Waals surface area contributed by atoms with Crippen LogP contribution in [0.1, 0.15) is 21.7 Å². The number of aromatic nitrogens is 3. The van der Waals surface area contributed by atoms with Crippen LogP contribution in [0.15, 0.2) is 36.4 Å². The Morgan fingerprint density at radius 3 is 2.58 bits per heavy atom. The molecule has 0 aliphatic carbocycles. The zero-order valence-electron chi connectivity index (χ0n) is 16.5. The number of hydrogen-bond donors (Lipinski definition) is 2. The number of para-hydroxylation sites is 1. The Labute approximate surface area is 174 Å². The number of aliphatic hydroxyl groups excluding tert-OH is 1. The number of alkyl halides is 3. The predicted octanol–water partition coefficient (Wildman–Crippen LogP) is 3.62. The van der Waals surface area contributed by atoms with Gasteiger partial charge in [-0.05, 0) is 30.7 Å². The maximum absolute atomic E-state index is 14.8. The van der Waals surface area contributed by atoms with Crippen molar-refractivity contribution in [1.82, 2.24) is 14.8 Å². The van der Waals surface area contributed by atoms with E-state index < -0.39 is 42.4 Å². The van der Waals surface area contributed by atoms with E-state index in [0.29, 0.717) is 11.3 Å². The van der Waals surface area contributed by atoms with Gasteiger partial charge in [0, 0.05) is 12.7 Å². The fourth-order valence-electron chi connectivity index (χ4n) is 2.75. The first-order valence-electron chi connectivity index (χ1n) is 9.00. The molecule has 2 aromatic carbocycles. The third kappa shape index (κ3) is 5.18. The van der Waals surface area contributed by atoms with E-state index in [1.54, 1.807) is 31.2 Å². The normalized spacial score (nSPS) is 11.5. The highest BCUT2D eigenvalue weighted by atomic mass is 19.4. The molecule has 1 amide bonds. The summed E-state index contributed by atoms with van der Waals surface area (Å²) in [6.07, 6.45) is -4.67. The first kappa shape index (κ1) is 22.2. The van der Waals surface area contributed by atoms with Crippen molar-refractivity contribution in [2.75, 3.05) is 11.9 Å². The topological polar surface area (TPSA) is 89.3 Å². The molecule has 0 saturated heterocycles. The molecule has 0 aliphatic rings. The van der Waals surface area contributed by atoms with Crippen LogP contribution in [0, 0.1) is 12.7 Å². The van der Waals surface area contributed by atoms with Crippen molar-refractivity contribution in [3.63, 3.8) is 0 Å². The zero-order valence-corrected chi connectivity index (χ0v) is 16.5. The van der Waals surface area contributed by atoms with Crippen LogP contribution in [0.3, 0.4) is 0 Å². The standard InChI is InChI=1S/C20H18F4N4O3/c1-11-5-3-4-6-15(11)25-19(30)13-7-14(21)12(8-16(13)31-10-20(22,23)24)18-26-17(9-29)28(2)27-18/h3-8,29H,9-10H2,1-2H3,(H,25,30). The van der Waals surface area contributed by atoms with Gasteiger partial charge in [0.05, 0.1) is 11.1 Å². The predicted molar refractivity (Wildman–Crippen MR) is 103 cm³/mol. The van der Waals surface area contributed by atoms with Crippen LogP contribution in [-0.4, -0.2) is 38.6 Å². The number of rotatable bonds is 6. The minimum Gasteiger partial charge on any atom is -0.483 e. The summed E-state index contributed by atoms with van der Waals surface area (Å²) in [5, 5.41) is 15.7. The Morgan fingerprint density at radius 1 is 1.26 bits per heavy atom. The molecule has 164 valence electrons. The van der Waals surface area contributed by atoms with Gasteiger partial charge in [0.15, 0.2) is 18.3 Å². The van der Waals surface area contributed by atoms with Crippen LogP contribution in [0.2, 0.25) is 0 Å². The summed E-state index contributed by atoms with van der Waals surface area (Å²) in [6.45, 7) is -0.425.